The first-order valence-corrected chi connectivity index (χ1v) is 7.22. The predicted molar refractivity (Wildman–Crippen MR) is 69.5 cm³/mol. The van der Waals surface area contributed by atoms with Gasteiger partial charge < -0.3 is 5.32 Å². The summed E-state index contributed by atoms with van der Waals surface area (Å²) in [5, 5.41) is 8.73. The highest BCUT2D eigenvalue weighted by molar-refractivity contribution is 9.10. The molecular weight excluding hydrogens is 292 g/mol. The fraction of sp³-hybridized carbons (Fsp3) is 0.300. The highest BCUT2D eigenvalue weighted by Gasteiger charge is 2.00. The molecule has 0 spiro atoms. The minimum Gasteiger partial charge on any atom is -0.311 e. The summed E-state index contributed by atoms with van der Waals surface area (Å²) in [6.45, 7) is 1.92. The smallest absolute Gasteiger partial charge is 0.0937 e. The summed E-state index contributed by atoms with van der Waals surface area (Å²) in [6.07, 6.45) is 2.87. The Morgan fingerprint density at radius 1 is 1.33 bits per heavy atom. The van der Waals surface area contributed by atoms with Gasteiger partial charge in [0.05, 0.1) is 5.01 Å². The summed E-state index contributed by atoms with van der Waals surface area (Å²) in [7, 11) is 0. The molecular formula is C10H11BrN2S2. The number of hydrogen-bond donors (Lipinski definition) is 1. The molecule has 15 heavy (non-hydrogen) atoms. The molecule has 0 fully saturated rings. The average molecular weight is 303 g/mol. The van der Waals surface area contributed by atoms with Gasteiger partial charge >= 0.3 is 0 Å². The number of halogens is 1. The maximum absolute atomic E-state index is 4.24. The second-order valence-corrected chi connectivity index (χ2v) is 5.88. The summed E-state index contributed by atoms with van der Waals surface area (Å²) >= 11 is 7.01. The van der Waals surface area contributed by atoms with Gasteiger partial charge in [0, 0.05) is 40.4 Å². The number of nitrogens with one attached hydrogen (secondary N) is 1. The van der Waals surface area contributed by atoms with E-state index in [4.69, 9.17) is 0 Å². The standard InChI is InChI=1S/C10H11BrN2S2/c11-8-2-5-14-9(8)7-12-3-1-10-13-4-6-15-10/h2,4-6,12H,1,3,7H2. The SMILES string of the molecule is Brc1ccsc1CNCCc1nccs1. The number of hydrogen-bond acceptors (Lipinski definition) is 4. The van der Waals surface area contributed by atoms with Crippen molar-refractivity contribution in [3.8, 4) is 0 Å². The molecule has 0 aliphatic rings. The molecule has 80 valence electrons. The van der Waals surface area contributed by atoms with Gasteiger partial charge in [-0.3, -0.25) is 0 Å². The Labute approximate surface area is 106 Å². The fourth-order valence-corrected chi connectivity index (χ4v) is 3.31. The van der Waals surface area contributed by atoms with E-state index in [0.717, 1.165) is 19.5 Å². The molecule has 2 aromatic rings. The van der Waals surface area contributed by atoms with E-state index in [0.29, 0.717) is 0 Å². The van der Waals surface area contributed by atoms with Crippen LogP contribution in [0.4, 0.5) is 0 Å². The molecule has 2 aromatic heterocycles. The summed E-state index contributed by atoms with van der Waals surface area (Å²) in [5.74, 6) is 0. The lowest BCUT2D eigenvalue weighted by molar-refractivity contribution is 0.690. The van der Waals surface area contributed by atoms with Gasteiger partial charge in [0.25, 0.3) is 0 Å². The molecule has 2 heterocycles. The fourth-order valence-electron chi connectivity index (χ4n) is 1.22. The zero-order valence-electron chi connectivity index (χ0n) is 8.07. The van der Waals surface area contributed by atoms with E-state index in [9.17, 15) is 0 Å². The van der Waals surface area contributed by atoms with Crippen LogP contribution in [0.1, 0.15) is 9.88 Å². The van der Waals surface area contributed by atoms with Gasteiger partial charge in [-0.15, -0.1) is 22.7 Å². The van der Waals surface area contributed by atoms with Crippen molar-refractivity contribution in [3.05, 3.63) is 37.4 Å². The highest BCUT2D eigenvalue weighted by Crippen LogP contribution is 2.22. The largest absolute Gasteiger partial charge is 0.311 e. The average Bonchev–Trinajstić information content (AvgIpc) is 2.85. The first-order chi connectivity index (χ1) is 7.36. The minimum atomic E-state index is 0.934. The van der Waals surface area contributed by atoms with Crippen molar-refractivity contribution >= 4 is 38.6 Å². The van der Waals surface area contributed by atoms with Gasteiger partial charge in [-0.25, -0.2) is 4.98 Å². The molecule has 0 aromatic carbocycles. The van der Waals surface area contributed by atoms with Crippen LogP contribution in [0.25, 0.3) is 0 Å². The van der Waals surface area contributed by atoms with Gasteiger partial charge in [-0.1, -0.05) is 0 Å². The molecule has 0 saturated heterocycles. The number of nitrogens with zero attached hydrogens (tertiary/aromatic N) is 1. The van der Waals surface area contributed by atoms with Crippen LogP contribution in [0.5, 0.6) is 0 Å². The van der Waals surface area contributed by atoms with Crippen molar-refractivity contribution in [3.63, 3.8) is 0 Å². The normalized spacial score (nSPS) is 10.7. The van der Waals surface area contributed by atoms with Crippen LogP contribution >= 0.6 is 38.6 Å². The topological polar surface area (TPSA) is 24.9 Å². The summed E-state index contributed by atoms with van der Waals surface area (Å²) < 4.78 is 1.20. The van der Waals surface area contributed by atoms with Crippen molar-refractivity contribution in [1.82, 2.24) is 10.3 Å². The first-order valence-electron chi connectivity index (χ1n) is 4.67. The number of thiophene rings is 1. The van der Waals surface area contributed by atoms with E-state index in [1.165, 1.54) is 14.4 Å². The quantitative estimate of drug-likeness (QED) is 0.857. The predicted octanol–water partition coefficient (Wildman–Crippen LogP) is 3.30. The number of aromatic nitrogens is 1. The van der Waals surface area contributed by atoms with Crippen molar-refractivity contribution in [2.75, 3.05) is 6.54 Å². The van der Waals surface area contributed by atoms with Gasteiger partial charge in [0.15, 0.2) is 0 Å². The van der Waals surface area contributed by atoms with E-state index in [-0.39, 0.29) is 0 Å². The first kappa shape index (κ1) is 11.3. The van der Waals surface area contributed by atoms with Gasteiger partial charge in [0.1, 0.15) is 0 Å². The Morgan fingerprint density at radius 2 is 2.27 bits per heavy atom. The van der Waals surface area contributed by atoms with Crippen LogP contribution in [0.3, 0.4) is 0 Å². The van der Waals surface area contributed by atoms with E-state index in [2.05, 4.69) is 37.7 Å². The Bertz CT molecular complexity index is 397. The van der Waals surface area contributed by atoms with E-state index < -0.39 is 0 Å². The highest BCUT2D eigenvalue weighted by atomic mass is 79.9. The number of rotatable bonds is 5. The van der Waals surface area contributed by atoms with Crippen LogP contribution in [0.15, 0.2) is 27.5 Å². The molecule has 0 aliphatic heterocycles. The Hall–Kier alpha value is -0.230. The minimum absolute atomic E-state index is 0.934. The molecule has 0 saturated carbocycles. The van der Waals surface area contributed by atoms with E-state index in [1.54, 1.807) is 22.7 Å². The second-order valence-electron chi connectivity index (χ2n) is 3.04. The van der Waals surface area contributed by atoms with Crippen LogP contribution in [-0.4, -0.2) is 11.5 Å². The molecule has 0 radical (unpaired) electrons. The molecule has 0 amide bonds. The van der Waals surface area contributed by atoms with Crippen LogP contribution < -0.4 is 5.32 Å². The lowest BCUT2D eigenvalue weighted by Crippen LogP contribution is -2.16. The van der Waals surface area contributed by atoms with Gasteiger partial charge in [-0.2, -0.15) is 0 Å². The van der Waals surface area contributed by atoms with Crippen molar-refractivity contribution in [2.24, 2.45) is 0 Å². The third kappa shape index (κ3) is 3.38. The molecule has 0 aliphatic carbocycles. The molecule has 5 heteroatoms. The summed E-state index contributed by atoms with van der Waals surface area (Å²) in [4.78, 5) is 5.60. The van der Waals surface area contributed by atoms with Crippen LogP contribution in [-0.2, 0) is 13.0 Å². The van der Waals surface area contributed by atoms with Crippen LogP contribution in [0.2, 0.25) is 0 Å². The van der Waals surface area contributed by atoms with Gasteiger partial charge in [0.2, 0.25) is 0 Å². The van der Waals surface area contributed by atoms with E-state index >= 15 is 0 Å². The Morgan fingerprint density at radius 3 is 2.93 bits per heavy atom. The monoisotopic (exact) mass is 302 g/mol. The van der Waals surface area contributed by atoms with Crippen molar-refractivity contribution in [2.45, 2.75) is 13.0 Å². The Kier molecular flexibility index (Phi) is 4.31. The lowest BCUT2D eigenvalue weighted by Gasteiger charge is -2.01. The molecule has 0 bridgehead atoms. The van der Waals surface area contributed by atoms with Crippen molar-refractivity contribution < 1.29 is 0 Å². The third-order valence-electron chi connectivity index (χ3n) is 1.98. The lowest BCUT2D eigenvalue weighted by atomic mass is 10.4. The zero-order valence-corrected chi connectivity index (χ0v) is 11.3. The molecule has 2 nitrogen and oxygen atoms in total. The van der Waals surface area contributed by atoms with E-state index in [1.807, 2.05) is 11.6 Å². The summed E-state index contributed by atoms with van der Waals surface area (Å²) in [6, 6.07) is 2.09. The molecule has 2 rings (SSSR count). The second kappa shape index (κ2) is 5.75. The maximum Gasteiger partial charge on any atom is 0.0937 e. The van der Waals surface area contributed by atoms with Crippen LogP contribution in [0, 0.1) is 0 Å². The Balaban J connectivity index is 1.70. The zero-order chi connectivity index (χ0) is 10.5. The molecule has 1 N–H and O–H groups in total. The van der Waals surface area contributed by atoms with Crippen molar-refractivity contribution in [1.29, 1.82) is 0 Å². The van der Waals surface area contributed by atoms with Gasteiger partial charge in [-0.05, 0) is 27.4 Å². The maximum atomic E-state index is 4.24. The summed E-state index contributed by atoms with van der Waals surface area (Å²) in [5.41, 5.74) is 0. The molecule has 0 atom stereocenters. The number of thiazole rings is 1. The third-order valence-corrected chi connectivity index (χ3v) is 4.74. The molecule has 0 unspecified atom stereocenters.